The highest BCUT2D eigenvalue weighted by Gasteiger charge is 2.46. The first-order chi connectivity index (χ1) is 20.4. The molecule has 0 saturated carbocycles. The highest BCUT2D eigenvalue weighted by atomic mass is 16.5. The van der Waals surface area contributed by atoms with Crippen LogP contribution >= 0.6 is 0 Å². The minimum atomic E-state index is -0.787. The van der Waals surface area contributed by atoms with Gasteiger partial charge in [-0.3, -0.25) is 14.5 Å². The number of Topliss-reactive ketones (excluding diaryl/α,β-unsaturated/α-hetero) is 1. The van der Waals surface area contributed by atoms with Crippen molar-refractivity contribution in [3.8, 4) is 17.2 Å². The van der Waals surface area contributed by atoms with Crippen molar-refractivity contribution in [2.45, 2.75) is 52.5 Å². The Balaban J connectivity index is 1.72. The van der Waals surface area contributed by atoms with Crippen LogP contribution in [0.1, 0.15) is 62.3 Å². The maximum Gasteiger partial charge on any atom is 0.295 e. The zero-order valence-corrected chi connectivity index (χ0v) is 25.3. The molecule has 0 bridgehead atoms. The molecule has 0 aliphatic carbocycles. The lowest BCUT2D eigenvalue weighted by Crippen LogP contribution is -2.42. The molecule has 0 radical (unpaired) electrons. The van der Waals surface area contributed by atoms with E-state index in [9.17, 15) is 14.7 Å². The van der Waals surface area contributed by atoms with Crippen LogP contribution in [0.25, 0.3) is 5.76 Å². The Hall–Kier alpha value is -3.56. The first-order valence-corrected chi connectivity index (χ1v) is 15.0. The third-order valence-electron chi connectivity index (χ3n) is 7.76. The number of carbonyl (C=O) groups excluding carboxylic acids is 2. The average molecular weight is 581 g/mol. The highest BCUT2D eigenvalue weighted by Crippen LogP contribution is 2.42. The fourth-order valence-electron chi connectivity index (χ4n) is 5.27. The van der Waals surface area contributed by atoms with Crippen LogP contribution in [0.5, 0.6) is 17.2 Å². The number of ether oxygens (including phenoxy) is 4. The fraction of sp³-hybridized carbons (Fsp3) is 0.515. The van der Waals surface area contributed by atoms with Crippen molar-refractivity contribution < 1.29 is 33.6 Å². The number of unbranched alkanes of at least 4 members (excludes halogenated alkanes) is 2. The molecule has 2 fully saturated rings. The molecule has 4 rings (SSSR count). The molecular weight excluding hydrogens is 536 g/mol. The molecule has 1 unspecified atom stereocenters. The molecule has 9 heteroatoms. The summed E-state index contributed by atoms with van der Waals surface area (Å²) in [7, 11) is 1.56. The monoisotopic (exact) mass is 580 g/mol. The van der Waals surface area contributed by atoms with E-state index in [4.69, 9.17) is 18.9 Å². The van der Waals surface area contributed by atoms with E-state index >= 15 is 0 Å². The number of ketones is 1. The van der Waals surface area contributed by atoms with Crippen molar-refractivity contribution in [3.05, 3.63) is 58.7 Å². The second-order valence-corrected chi connectivity index (χ2v) is 10.7. The molecule has 228 valence electrons. The second kappa shape index (κ2) is 15.1. The maximum atomic E-state index is 13.6. The van der Waals surface area contributed by atoms with Gasteiger partial charge in [0.15, 0.2) is 11.5 Å². The Kier molecular flexibility index (Phi) is 11.3. The largest absolute Gasteiger partial charge is 0.507 e. The van der Waals surface area contributed by atoms with Crippen molar-refractivity contribution >= 4 is 17.4 Å². The molecule has 0 spiro atoms. The van der Waals surface area contributed by atoms with Gasteiger partial charge in [0, 0.05) is 31.7 Å². The van der Waals surface area contributed by atoms with E-state index < -0.39 is 17.7 Å². The Labute approximate surface area is 249 Å². The Morgan fingerprint density at radius 3 is 2.24 bits per heavy atom. The lowest BCUT2D eigenvalue weighted by atomic mass is 9.94. The number of rotatable bonds is 14. The number of hydrogen-bond donors (Lipinski definition) is 1. The van der Waals surface area contributed by atoms with E-state index in [1.807, 2.05) is 13.0 Å². The lowest BCUT2D eigenvalue weighted by molar-refractivity contribution is -0.140. The molecule has 1 atom stereocenters. The van der Waals surface area contributed by atoms with Gasteiger partial charge in [0.05, 0.1) is 45.2 Å². The van der Waals surface area contributed by atoms with Gasteiger partial charge in [-0.1, -0.05) is 32.8 Å². The van der Waals surface area contributed by atoms with Gasteiger partial charge in [-0.15, -0.1) is 0 Å². The van der Waals surface area contributed by atoms with Gasteiger partial charge < -0.3 is 29.0 Å². The Bertz CT molecular complexity index is 1270. The van der Waals surface area contributed by atoms with Crippen molar-refractivity contribution in [2.24, 2.45) is 0 Å². The third-order valence-corrected chi connectivity index (χ3v) is 7.76. The Morgan fingerprint density at radius 2 is 1.60 bits per heavy atom. The number of morpholine rings is 1. The number of likely N-dealkylation sites (tertiary alicyclic amines) is 1. The molecule has 2 aliphatic heterocycles. The van der Waals surface area contributed by atoms with Crippen LogP contribution in [0.2, 0.25) is 0 Å². The molecule has 1 N–H and O–H groups in total. The van der Waals surface area contributed by atoms with Crippen LogP contribution in [0, 0.1) is 6.92 Å². The predicted molar refractivity (Wildman–Crippen MR) is 161 cm³/mol. The first-order valence-electron chi connectivity index (χ1n) is 15.0. The number of methoxy groups -OCH3 is 1. The maximum absolute atomic E-state index is 13.6. The normalized spacial score (nSPS) is 18.9. The minimum absolute atomic E-state index is 0.0581. The van der Waals surface area contributed by atoms with Gasteiger partial charge in [0.2, 0.25) is 0 Å². The summed E-state index contributed by atoms with van der Waals surface area (Å²) in [6.45, 7) is 11.0. The number of nitrogens with zero attached hydrogens (tertiary/aromatic N) is 2. The zero-order valence-electron chi connectivity index (χ0n) is 25.3. The average Bonchev–Trinajstić information content (AvgIpc) is 3.26. The summed E-state index contributed by atoms with van der Waals surface area (Å²) in [5.74, 6) is 0.278. The number of aryl methyl sites for hydroxylation is 1. The van der Waals surface area contributed by atoms with E-state index in [1.54, 1.807) is 42.3 Å². The van der Waals surface area contributed by atoms with E-state index in [0.717, 1.165) is 50.1 Å². The summed E-state index contributed by atoms with van der Waals surface area (Å²) in [5, 5.41) is 11.6. The summed E-state index contributed by atoms with van der Waals surface area (Å²) >= 11 is 0. The molecule has 1 amide bonds. The van der Waals surface area contributed by atoms with Crippen molar-refractivity contribution in [1.29, 1.82) is 0 Å². The van der Waals surface area contributed by atoms with Gasteiger partial charge in [-0.2, -0.15) is 0 Å². The minimum Gasteiger partial charge on any atom is -0.507 e. The van der Waals surface area contributed by atoms with Crippen LogP contribution in [0.4, 0.5) is 0 Å². The molecule has 42 heavy (non-hydrogen) atoms. The molecule has 2 aliphatic rings. The van der Waals surface area contributed by atoms with E-state index in [1.165, 1.54) is 0 Å². The number of aliphatic hydroxyl groups is 1. The van der Waals surface area contributed by atoms with Crippen LogP contribution in [0.15, 0.2) is 42.0 Å². The molecule has 9 nitrogen and oxygen atoms in total. The van der Waals surface area contributed by atoms with E-state index in [0.29, 0.717) is 62.1 Å². The zero-order chi connectivity index (χ0) is 30.1. The molecule has 2 aromatic rings. The quantitative estimate of drug-likeness (QED) is 0.142. The van der Waals surface area contributed by atoms with Crippen molar-refractivity contribution in [3.63, 3.8) is 0 Å². The fourth-order valence-corrected chi connectivity index (χ4v) is 5.27. The Morgan fingerprint density at radius 1 is 0.929 bits per heavy atom. The summed E-state index contributed by atoms with van der Waals surface area (Å²) in [4.78, 5) is 30.8. The molecule has 2 aromatic carbocycles. The van der Waals surface area contributed by atoms with Gasteiger partial charge in [0.25, 0.3) is 11.7 Å². The molecule has 2 heterocycles. The summed E-state index contributed by atoms with van der Waals surface area (Å²) in [6.07, 6.45) is 3.89. The van der Waals surface area contributed by atoms with Crippen molar-refractivity contribution in [1.82, 2.24) is 9.80 Å². The topological polar surface area (TPSA) is 97.8 Å². The smallest absolute Gasteiger partial charge is 0.295 e. The number of aliphatic hydroxyl groups excluding tert-OH is 1. The SMILES string of the molecule is CCCCOc1ccc(C(O)=C2C(=O)C(=O)N(CCN3CCOCC3)C2c2ccc(OCCCC)c(OC)c2)cc1C. The van der Waals surface area contributed by atoms with Crippen LogP contribution in [-0.4, -0.2) is 86.3 Å². The first kappa shape index (κ1) is 31.4. The highest BCUT2D eigenvalue weighted by molar-refractivity contribution is 6.46. The summed E-state index contributed by atoms with van der Waals surface area (Å²) in [5.41, 5.74) is 2.01. The van der Waals surface area contributed by atoms with Gasteiger partial charge in [-0.25, -0.2) is 0 Å². The van der Waals surface area contributed by atoms with Crippen LogP contribution < -0.4 is 14.2 Å². The summed E-state index contributed by atoms with van der Waals surface area (Å²) < 4.78 is 22.9. The van der Waals surface area contributed by atoms with Gasteiger partial charge >= 0.3 is 0 Å². The summed E-state index contributed by atoms with van der Waals surface area (Å²) in [6, 6.07) is 9.97. The number of carbonyl (C=O) groups is 2. The standard InChI is InChI=1S/C33H44N2O7/c1-5-7-17-41-26-11-10-25(21-23(26)3)31(36)29-30(24-9-12-27(28(22-24)39-4)42-18-8-6-2)35(33(38)32(29)37)14-13-34-15-19-40-20-16-34/h9-12,21-22,30,36H,5-8,13-20H2,1-4H3. The predicted octanol–water partition coefficient (Wildman–Crippen LogP) is 5.12. The van der Waals surface area contributed by atoms with Crippen LogP contribution in [-0.2, 0) is 14.3 Å². The molecule has 2 saturated heterocycles. The lowest BCUT2D eigenvalue weighted by Gasteiger charge is -2.31. The molecule has 0 aromatic heterocycles. The third kappa shape index (κ3) is 7.25. The number of hydrogen-bond acceptors (Lipinski definition) is 8. The second-order valence-electron chi connectivity index (χ2n) is 10.7. The number of amides is 1. The van der Waals surface area contributed by atoms with Gasteiger partial charge in [-0.05, 0) is 61.2 Å². The van der Waals surface area contributed by atoms with E-state index in [-0.39, 0.29) is 11.3 Å². The van der Waals surface area contributed by atoms with E-state index in [2.05, 4.69) is 18.7 Å². The van der Waals surface area contributed by atoms with Crippen molar-refractivity contribution in [2.75, 3.05) is 59.7 Å². The van der Waals surface area contributed by atoms with Crippen LogP contribution in [0.3, 0.4) is 0 Å². The number of benzene rings is 2. The molecular formula is C33H44N2O7. The van der Waals surface area contributed by atoms with Gasteiger partial charge in [0.1, 0.15) is 11.5 Å².